The Morgan fingerprint density at radius 3 is 2.56 bits per heavy atom. The molecule has 0 radical (unpaired) electrons. The normalized spacial score (nSPS) is 19.9. The largest absolute Gasteiger partial charge is 0.490 e. The van der Waals surface area contributed by atoms with Gasteiger partial charge in [-0.25, -0.2) is 0 Å². The molecule has 1 unspecified atom stereocenters. The van der Waals surface area contributed by atoms with Gasteiger partial charge >= 0.3 is 0 Å². The number of rotatable bonds is 11. The van der Waals surface area contributed by atoms with Crippen LogP contribution in [0.25, 0.3) is 0 Å². The van der Waals surface area contributed by atoms with Crippen molar-refractivity contribution in [2.75, 3.05) is 46.6 Å². The molecule has 0 aromatic heterocycles. The van der Waals surface area contributed by atoms with Crippen LogP contribution >= 0.6 is 12.4 Å². The molecule has 2 heterocycles. The van der Waals surface area contributed by atoms with Crippen molar-refractivity contribution in [3.63, 3.8) is 0 Å². The number of amides is 1. The molecule has 2 atom stereocenters. The van der Waals surface area contributed by atoms with Gasteiger partial charge in [-0.2, -0.15) is 0 Å². The fraction of sp³-hybridized carbons (Fsp3) is 0.731. The number of hydrogen-bond donors (Lipinski definition) is 1. The summed E-state index contributed by atoms with van der Waals surface area (Å²) in [7, 11) is 1.68. The van der Waals surface area contributed by atoms with E-state index in [4.69, 9.17) is 18.9 Å². The Hall–Kier alpha value is -1.54. The van der Waals surface area contributed by atoms with Crippen LogP contribution in [0.1, 0.15) is 63.2 Å². The smallest absolute Gasteiger partial charge is 0.254 e. The van der Waals surface area contributed by atoms with Gasteiger partial charge in [-0.15, -0.1) is 12.4 Å². The van der Waals surface area contributed by atoms with E-state index in [1.165, 1.54) is 0 Å². The van der Waals surface area contributed by atoms with Crippen LogP contribution in [-0.4, -0.2) is 75.6 Å². The maximum absolute atomic E-state index is 13.6. The summed E-state index contributed by atoms with van der Waals surface area (Å²) in [6, 6.07) is 5.96. The number of benzene rings is 1. The monoisotopic (exact) mass is 498 g/mol. The average Bonchev–Trinajstić information content (AvgIpc) is 2.83. The molecule has 3 rings (SSSR count). The minimum atomic E-state index is 0. The maximum Gasteiger partial charge on any atom is 0.254 e. The molecule has 0 aliphatic carbocycles. The van der Waals surface area contributed by atoms with Gasteiger partial charge in [0, 0.05) is 57.5 Å². The minimum absolute atomic E-state index is 0. The second kappa shape index (κ2) is 14.8. The highest BCUT2D eigenvalue weighted by Gasteiger charge is 2.29. The van der Waals surface area contributed by atoms with Gasteiger partial charge in [0.25, 0.3) is 5.91 Å². The lowest BCUT2D eigenvalue weighted by molar-refractivity contribution is 0.0229. The Morgan fingerprint density at radius 2 is 1.91 bits per heavy atom. The fourth-order valence-corrected chi connectivity index (χ4v) is 4.76. The summed E-state index contributed by atoms with van der Waals surface area (Å²) in [4.78, 5) is 15.6. The van der Waals surface area contributed by atoms with Crippen LogP contribution in [0.15, 0.2) is 18.2 Å². The van der Waals surface area contributed by atoms with Crippen LogP contribution in [0, 0.1) is 5.92 Å². The van der Waals surface area contributed by atoms with Gasteiger partial charge in [-0.3, -0.25) is 4.79 Å². The van der Waals surface area contributed by atoms with Crippen LogP contribution in [-0.2, 0) is 9.47 Å². The van der Waals surface area contributed by atoms with Crippen molar-refractivity contribution in [1.82, 2.24) is 10.2 Å². The topological polar surface area (TPSA) is 69.3 Å². The highest BCUT2D eigenvalue weighted by molar-refractivity contribution is 5.95. The van der Waals surface area contributed by atoms with Gasteiger partial charge in [-0.05, 0) is 77.1 Å². The lowest BCUT2D eigenvalue weighted by Gasteiger charge is -2.37. The first kappa shape index (κ1) is 28.7. The molecular formula is C26H43ClN2O5. The Balaban J connectivity index is 0.00000408. The second-order valence-corrected chi connectivity index (χ2v) is 9.44. The third-order valence-electron chi connectivity index (χ3n) is 6.64. The van der Waals surface area contributed by atoms with Crippen LogP contribution in [0.3, 0.4) is 0 Å². The van der Waals surface area contributed by atoms with Gasteiger partial charge in [0.1, 0.15) is 0 Å². The standard InChI is InChI=1S/C26H42N2O5.ClH/c1-19(2)28(23-7-5-12-27-18-23)26(29)22-8-9-24(25(17-22)32-14-6-13-30-4)33-20(3)21-10-15-31-16-11-21;/h8-9,17,19-21,23,27H,5-7,10-16,18H2,1-4H3;1H/t20?,23-;/m1./s1. The van der Waals surface area contributed by atoms with Crippen LogP contribution in [0.4, 0.5) is 0 Å². The van der Waals surface area contributed by atoms with Crippen molar-refractivity contribution in [3.8, 4) is 11.5 Å². The highest BCUT2D eigenvalue weighted by atomic mass is 35.5. The van der Waals surface area contributed by atoms with Crippen molar-refractivity contribution in [1.29, 1.82) is 0 Å². The first-order chi connectivity index (χ1) is 16.0. The van der Waals surface area contributed by atoms with E-state index in [2.05, 4.69) is 26.1 Å². The zero-order valence-electron chi connectivity index (χ0n) is 21.2. The van der Waals surface area contributed by atoms with Gasteiger partial charge in [0.2, 0.25) is 0 Å². The summed E-state index contributed by atoms with van der Waals surface area (Å²) in [6.45, 7) is 10.8. The van der Waals surface area contributed by atoms with Gasteiger partial charge in [-0.1, -0.05) is 0 Å². The van der Waals surface area contributed by atoms with E-state index in [9.17, 15) is 4.79 Å². The molecule has 2 aliphatic heterocycles. The summed E-state index contributed by atoms with van der Waals surface area (Å²) in [5.74, 6) is 1.82. The summed E-state index contributed by atoms with van der Waals surface area (Å²) >= 11 is 0. The van der Waals surface area contributed by atoms with E-state index >= 15 is 0 Å². The number of piperidine rings is 1. The number of carbonyl (C=O) groups is 1. The summed E-state index contributed by atoms with van der Waals surface area (Å²) in [5, 5.41) is 3.43. The van der Waals surface area contributed by atoms with Crippen molar-refractivity contribution in [2.24, 2.45) is 5.92 Å². The zero-order chi connectivity index (χ0) is 23.6. The number of carbonyl (C=O) groups excluding carboxylic acids is 1. The first-order valence-corrected chi connectivity index (χ1v) is 12.5. The second-order valence-electron chi connectivity index (χ2n) is 9.44. The van der Waals surface area contributed by atoms with Crippen LogP contribution in [0.2, 0.25) is 0 Å². The number of ether oxygens (including phenoxy) is 4. The van der Waals surface area contributed by atoms with E-state index in [1.807, 2.05) is 23.1 Å². The SMILES string of the molecule is COCCCOc1cc(C(=O)N(C(C)C)[C@@H]2CCCNC2)ccc1OC(C)C1CCOCC1.Cl. The zero-order valence-corrected chi connectivity index (χ0v) is 22.0. The molecule has 34 heavy (non-hydrogen) atoms. The Labute approximate surface area is 211 Å². The molecule has 194 valence electrons. The molecule has 2 aliphatic rings. The Morgan fingerprint density at radius 1 is 1.15 bits per heavy atom. The average molecular weight is 499 g/mol. The predicted octanol–water partition coefficient (Wildman–Crippen LogP) is 4.32. The van der Waals surface area contributed by atoms with Crippen LogP contribution in [0.5, 0.6) is 11.5 Å². The molecule has 1 aromatic rings. The maximum atomic E-state index is 13.6. The van der Waals surface area contributed by atoms with E-state index in [0.29, 0.717) is 36.2 Å². The van der Waals surface area contributed by atoms with E-state index in [1.54, 1.807) is 7.11 Å². The van der Waals surface area contributed by atoms with E-state index in [0.717, 1.165) is 58.4 Å². The molecule has 7 nitrogen and oxygen atoms in total. The summed E-state index contributed by atoms with van der Waals surface area (Å²) in [6.07, 6.45) is 4.95. The predicted molar refractivity (Wildman–Crippen MR) is 137 cm³/mol. The lowest BCUT2D eigenvalue weighted by atomic mass is 9.95. The first-order valence-electron chi connectivity index (χ1n) is 12.5. The molecular weight excluding hydrogens is 456 g/mol. The van der Waals surface area contributed by atoms with Gasteiger partial charge < -0.3 is 29.2 Å². The minimum Gasteiger partial charge on any atom is -0.490 e. The molecule has 1 amide bonds. The number of hydrogen-bond acceptors (Lipinski definition) is 6. The molecule has 8 heteroatoms. The third kappa shape index (κ3) is 8.01. The lowest BCUT2D eigenvalue weighted by Crippen LogP contribution is -2.51. The molecule has 2 fully saturated rings. The van der Waals surface area contributed by atoms with E-state index in [-0.39, 0.29) is 36.5 Å². The van der Waals surface area contributed by atoms with Crippen molar-refractivity contribution >= 4 is 18.3 Å². The molecule has 1 N–H and O–H groups in total. The number of halogens is 1. The molecule has 0 spiro atoms. The molecule has 1 aromatic carbocycles. The van der Waals surface area contributed by atoms with Crippen LogP contribution < -0.4 is 14.8 Å². The molecule has 2 saturated heterocycles. The van der Waals surface area contributed by atoms with Crippen molar-refractivity contribution < 1.29 is 23.7 Å². The molecule has 0 saturated carbocycles. The number of nitrogens with one attached hydrogen (secondary N) is 1. The summed E-state index contributed by atoms with van der Waals surface area (Å²) in [5.41, 5.74) is 0.641. The highest BCUT2D eigenvalue weighted by Crippen LogP contribution is 2.33. The number of methoxy groups -OCH3 is 1. The van der Waals surface area contributed by atoms with E-state index < -0.39 is 0 Å². The quantitative estimate of drug-likeness (QED) is 0.458. The Kier molecular flexibility index (Phi) is 12.5. The number of nitrogens with zero attached hydrogens (tertiary/aromatic N) is 1. The van der Waals surface area contributed by atoms with Crippen molar-refractivity contribution in [3.05, 3.63) is 23.8 Å². The van der Waals surface area contributed by atoms with Gasteiger partial charge in [0.05, 0.1) is 12.7 Å². The fourth-order valence-electron chi connectivity index (χ4n) is 4.76. The third-order valence-corrected chi connectivity index (χ3v) is 6.64. The van der Waals surface area contributed by atoms with Crippen molar-refractivity contribution in [2.45, 2.75) is 71.1 Å². The van der Waals surface area contributed by atoms with Gasteiger partial charge in [0.15, 0.2) is 11.5 Å². The Bertz CT molecular complexity index is 736. The summed E-state index contributed by atoms with van der Waals surface area (Å²) < 4.78 is 23.1. The molecule has 0 bridgehead atoms.